The minimum absolute atomic E-state index is 0.379. The fourth-order valence-corrected chi connectivity index (χ4v) is 2.77. The number of rotatable bonds is 3. The van der Waals surface area contributed by atoms with Crippen LogP contribution in [-0.4, -0.2) is 16.5 Å². The normalized spacial score (nSPS) is 10.3. The average Bonchev–Trinajstić information content (AvgIpc) is 2.86. The molecule has 0 aliphatic carbocycles. The van der Waals surface area contributed by atoms with E-state index in [0.717, 1.165) is 17.0 Å². The summed E-state index contributed by atoms with van der Waals surface area (Å²) in [5, 5.41) is 12.5. The molecule has 23 heavy (non-hydrogen) atoms. The van der Waals surface area contributed by atoms with Crippen LogP contribution in [0.1, 0.15) is 11.3 Å². The highest BCUT2D eigenvalue weighted by Gasteiger charge is 2.18. The Morgan fingerprint density at radius 3 is 2.65 bits per heavy atom. The van der Waals surface area contributed by atoms with Crippen molar-refractivity contribution in [1.29, 1.82) is 5.26 Å². The Labute approximate surface area is 138 Å². The summed E-state index contributed by atoms with van der Waals surface area (Å²) in [4.78, 5) is 0.454. The number of nitrogens with zero attached hydrogens (tertiary/aromatic N) is 2. The number of hydrogen-bond donors (Lipinski definition) is 2. The smallest absolute Gasteiger partial charge is 0.130 e. The van der Waals surface area contributed by atoms with Crippen LogP contribution in [0.15, 0.2) is 48.7 Å². The Hall–Kier alpha value is -3.04. The number of nitrogens with one attached hydrogen (secondary N) is 1. The van der Waals surface area contributed by atoms with E-state index in [1.165, 1.54) is 0 Å². The van der Waals surface area contributed by atoms with E-state index < -0.39 is 0 Å². The molecule has 1 aromatic carbocycles. The molecule has 0 saturated carbocycles. The van der Waals surface area contributed by atoms with Gasteiger partial charge < -0.3 is 20.2 Å². The maximum atomic E-state index is 9.34. The molecule has 114 valence electrons. The third-order valence-electron chi connectivity index (χ3n) is 3.56. The second-order valence-corrected chi connectivity index (χ2v) is 5.30. The van der Waals surface area contributed by atoms with Crippen LogP contribution in [0.2, 0.25) is 0 Å². The highest BCUT2D eigenvalue weighted by Crippen LogP contribution is 2.27. The van der Waals surface area contributed by atoms with E-state index in [4.69, 9.17) is 22.7 Å². The van der Waals surface area contributed by atoms with Gasteiger partial charge in [0.25, 0.3) is 0 Å². The molecule has 0 aliphatic heterocycles. The van der Waals surface area contributed by atoms with Gasteiger partial charge in [0.05, 0.1) is 18.3 Å². The number of pyridine rings is 1. The van der Waals surface area contributed by atoms with Gasteiger partial charge in [0, 0.05) is 11.9 Å². The number of aromatic nitrogens is 1. The second-order valence-electron chi connectivity index (χ2n) is 4.89. The minimum atomic E-state index is 0.379. The Bertz CT molecular complexity index is 922. The van der Waals surface area contributed by atoms with Crippen LogP contribution >= 0.6 is 12.2 Å². The number of methoxy groups -OCH3 is 1. The number of nitrogens with two attached hydrogens (primary N) is 1. The van der Waals surface area contributed by atoms with E-state index in [-0.39, 0.29) is 0 Å². The van der Waals surface area contributed by atoms with E-state index >= 15 is 0 Å². The molecule has 0 bridgehead atoms. The molecule has 0 spiro atoms. The summed E-state index contributed by atoms with van der Waals surface area (Å²) in [6.07, 6.45) is 1.84. The Morgan fingerprint density at radius 2 is 2.00 bits per heavy atom. The van der Waals surface area contributed by atoms with Crippen LogP contribution in [0.25, 0.3) is 5.52 Å². The molecule has 0 saturated heterocycles. The van der Waals surface area contributed by atoms with Gasteiger partial charge in [0.2, 0.25) is 0 Å². The molecule has 0 fully saturated rings. The molecule has 3 N–H and O–H groups in total. The van der Waals surface area contributed by atoms with Crippen molar-refractivity contribution in [3.63, 3.8) is 0 Å². The van der Waals surface area contributed by atoms with E-state index in [0.29, 0.717) is 21.9 Å². The molecule has 0 atom stereocenters. The van der Waals surface area contributed by atoms with Crippen LogP contribution in [0.3, 0.4) is 0 Å². The second kappa shape index (κ2) is 5.99. The summed E-state index contributed by atoms with van der Waals surface area (Å²) < 4.78 is 6.96. The molecular weight excluding hydrogens is 308 g/mol. The maximum Gasteiger partial charge on any atom is 0.130 e. The van der Waals surface area contributed by atoms with Gasteiger partial charge >= 0.3 is 0 Å². The van der Waals surface area contributed by atoms with Gasteiger partial charge in [-0.05, 0) is 36.4 Å². The zero-order chi connectivity index (χ0) is 16.4. The van der Waals surface area contributed by atoms with Crippen LogP contribution < -0.4 is 15.8 Å². The number of nitriles is 1. The van der Waals surface area contributed by atoms with Gasteiger partial charge in [-0.2, -0.15) is 5.26 Å². The molecule has 3 rings (SSSR count). The molecule has 6 heteroatoms. The SMILES string of the molecule is COc1ccc(NC(=S)c2c(N)c(C#N)c3ccccn23)cc1. The number of fused-ring (bicyclic) bond motifs is 1. The third kappa shape index (κ3) is 2.58. The molecule has 0 amide bonds. The summed E-state index contributed by atoms with van der Waals surface area (Å²) in [5.74, 6) is 0.765. The summed E-state index contributed by atoms with van der Waals surface area (Å²) >= 11 is 5.49. The van der Waals surface area contributed by atoms with Crippen molar-refractivity contribution in [3.05, 3.63) is 59.9 Å². The molecule has 0 unspecified atom stereocenters. The minimum Gasteiger partial charge on any atom is -0.497 e. The Balaban J connectivity index is 2.01. The van der Waals surface area contributed by atoms with Gasteiger partial charge in [0.1, 0.15) is 28.1 Å². The largest absolute Gasteiger partial charge is 0.497 e. The van der Waals surface area contributed by atoms with Crippen molar-refractivity contribution in [2.75, 3.05) is 18.2 Å². The fourth-order valence-electron chi connectivity index (χ4n) is 2.44. The number of ether oxygens (including phenoxy) is 1. The number of nitrogen functional groups attached to an aromatic ring is 1. The van der Waals surface area contributed by atoms with Gasteiger partial charge in [-0.3, -0.25) is 0 Å². The van der Waals surface area contributed by atoms with Crippen LogP contribution in [0.5, 0.6) is 5.75 Å². The fraction of sp³-hybridized carbons (Fsp3) is 0.0588. The summed E-state index contributed by atoms with van der Waals surface area (Å²) in [5.41, 5.74) is 9.12. The first-order valence-corrected chi connectivity index (χ1v) is 7.30. The van der Waals surface area contributed by atoms with E-state index in [2.05, 4.69) is 11.4 Å². The lowest BCUT2D eigenvalue weighted by Crippen LogP contribution is -2.14. The highest BCUT2D eigenvalue weighted by atomic mass is 32.1. The van der Waals surface area contributed by atoms with Crippen molar-refractivity contribution >= 4 is 34.1 Å². The first-order chi connectivity index (χ1) is 11.2. The van der Waals surface area contributed by atoms with Gasteiger partial charge in [0.15, 0.2) is 0 Å². The zero-order valence-corrected chi connectivity index (χ0v) is 13.2. The van der Waals surface area contributed by atoms with Gasteiger partial charge in [-0.1, -0.05) is 18.3 Å². The third-order valence-corrected chi connectivity index (χ3v) is 3.85. The number of anilines is 2. The standard InChI is InChI=1S/C17H14N4OS/c1-22-12-7-5-11(6-8-12)20-17(23)16-15(19)13(10-18)14-4-2-3-9-21(14)16/h2-9H,19H2,1H3,(H,20,23). The molecule has 2 heterocycles. The molecular formula is C17H14N4OS. The monoisotopic (exact) mass is 322 g/mol. The van der Waals surface area contributed by atoms with Gasteiger partial charge in [-0.25, -0.2) is 0 Å². The van der Waals surface area contributed by atoms with Crippen molar-refractivity contribution < 1.29 is 4.74 Å². The summed E-state index contributed by atoms with van der Waals surface area (Å²) in [6, 6.07) is 15.1. The maximum absolute atomic E-state index is 9.34. The quantitative estimate of drug-likeness (QED) is 0.724. The van der Waals surface area contributed by atoms with Crippen molar-refractivity contribution in [1.82, 2.24) is 4.40 Å². The first-order valence-electron chi connectivity index (χ1n) is 6.89. The molecule has 0 aliphatic rings. The van der Waals surface area contributed by atoms with Gasteiger partial charge in [-0.15, -0.1) is 0 Å². The molecule has 2 aromatic heterocycles. The van der Waals surface area contributed by atoms with E-state index in [9.17, 15) is 5.26 Å². The number of thiocarbonyl (C=S) groups is 1. The topological polar surface area (TPSA) is 75.5 Å². The van der Waals surface area contributed by atoms with Crippen LogP contribution in [0, 0.1) is 11.3 Å². The van der Waals surface area contributed by atoms with Crippen LogP contribution in [0.4, 0.5) is 11.4 Å². The van der Waals surface area contributed by atoms with Crippen LogP contribution in [-0.2, 0) is 0 Å². The Morgan fingerprint density at radius 1 is 1.26 bits per heavy atom. The molecule has 5 nitrogen and oxygen atoms in total. The van der Waals surface area contributed by atoms with Crippen molar-refractivity contribution in [3.8, 4) is 11.8 Å². The lowest BCUT2D eigenvalue weighted by molar-refractivity contribution is 0.415. The number of benzene rings is 1. The average molecular weight is 322 g/mol. The van der Waals surface area contributed by atoms with E-state index in [1.807, 2.05) is 53.1 Å². The first kappa shape index (κ1) is 14.9. The predicted molar refractivity (Wildman–Crippen MR) is 94.8 cm³/mol. The summed E-state index contributed by atoms with van der Waals surface area (Å²) in [7, 11) is 1.62. The Kier molecular flexibility index (Phi) is 3.87. The predicted octanol–water partition coefficient (Wildman–Crippen LogP) is 3.19. The highest BCUT2D eigenvalue weighted by molar-refractivity contribution is 7.81. The molecule has 0 radical (unpaired) electrons. The van der Waals surface area contributed by atoms with Crippen molar-refractivity contribution in [2.24, 2.45) is 0 Å². The van der Waals surface area contributed by atoms with Crippen molar-refractivity contribution in [2.45, 2.75) is 0 Å². The lowest BCUT2D eigenvalue weighted by Gasteiger charge is -2.10. The lowest BCUT2D eigenvalue weighted by atomic mass is 10.2. The zero-order valence-electron chi connectivity index (χ0n) is 12.4. The van der Waals surface area contributed by atoms with E-state index in [1.54, 1.807) is 7.11 Å². The molecule has 3 aromatic rings. The summed E-state index contributed by atoms with van der Waals surface area (Å²) in [6.45, 7) is 0. The number of hydrogen-bond acceptors (Lipinski definition) is 4.